The van der Waals surface area contributed by atoms with Crippen LogP contribution in [0.4, 0.5) is 32.0 Å². The van der Waals surface area contributed by atoms with Crippen LogP contribution in [0.25, 0.3) is 21.5 Å². The van der Waals surface area contributed by atoms with Gasteiger partial charge in [-0.25, -0.2) is 0 Å². The Morgan fingerprint density at radius 3 is 2.44 bits per heavy atom. The number of nitrogens with zero attached hydrogens (tertiary/aromatic N) is 4. The normalized spacial score (nSPS) is 12.3. The Hall–Kier alpha value is -3.48. The Labute approximate surface area is 179 Å². The molecule has 0 saturated carbocycles. The molecule has 1 amide bonds. The van der Waals surface area contributed by atoms with Gasteiger partial charge < -0.3 is 5.32 Å². The van der Waals surface area contributed by atoms with Gasteiger partial charge in [-0.1, -0.05) is 0 Å². The van der Waals surface area contributed by atoms with E-state index in [1.165, 1.54) is 12.3 Å². The Kier molecular flexibility index (Phi) is 5.15. The van der Waals surface area contributed by atoms with Gasteiger partial charge in [0, 0.05) is 30.7 Å². The number of hydrogen-bond donors (Lipinski definition) is 1. The van der Waals surface area contributed by atoms with Gasteiger partial charge in [-0.05, 0) is 29.6 Å². The fraction of sp³-hybridized carbons (Fsp3) is 0.158. The van der Waals surface area contributed by atoms with Gasteiger partial charge in [0.25, 0.3) is 5.91 Å². The molecule has 13 heteroatoms. The maximum Gasteiger partial charge on any atom is 0.433 e. The monoisotopic (exact) mass is 471 g/mol. The van der Waals surface area contributed by atoms with Crippen LogP contribution >= 0.6 is 11.3 Å². The number of carbonyl (C=O) groups excluding carboxylic acids is 1. The number of thiophene rings is 1. The molecule has 6 nitrogen and oxygen atoms in total. The summed E-state index contributed by atoms with van der Waals surface area (Å²) in [5, 5.41) is 7.65. The van der Waals surface area contributed by atoms with Gasteiger partial charge in [0.1, 0.15) is 22.6 Å². The van der Waals surface area contributed by atoms with E-state index in [1.807, 2.05) is 0 Å². The summed E-state index contributed by atoms with van der Waals surface area (Å²) in [5.74, 6) is -1.27. The highest BCUT2D eigenvalue weighted by molar-refractivity contribution is 7.17. The molecule has 4 rings (SSSR count). The number of nitrogens with one attached hydrogen (secondary N) is 1. The van der Waals surface area contributed by atoms with Crippen LogP contribution < -0.4 is 5.32 Å². The van der Waals surface area contributed by atoms with Crippen molar-refractivity contribution in [2.24, 2.45) is 7.05 Å². The molecule has 0 aliphatic heterocycles. The predicted molar refractivity (Wildman–Crippen MR) is 104 cm³/mol. The van der Waals surface area contributed by atoms with Crippen LogP contribution in [0.5, 0.6) is 0 Å². The molecule has 166 valence electrons. The lowest BCUT2D eigenvalue weighted by Gasteiger charge is -2.12. The molecule has 0 aliphatic rings. The largest absolute Gasteiger partial charge is 0.433 e. The van der Waals surface area contributed by atoms with Gasteiger partial charge in [-0.15, -0.1) is 11.3 Å². The molecule has 4 heterocycles. The molecule has 0 fully saturated rings. The average molecular weight is 471 g/mol. The van der Waals surface area contributed by atoms with E-state index < -0.39 is 40.9 Å². The van der Waals surface area contributed by atoms with Crippen LogP contribution in [0.15, 0.2) is 42.0 Å². The number of aryl methyl sites for hydroxylation is 1. The van der Waals surface area contributed by atoms with Gasteiger partial charge in [-0.2, -0.15) is 31.4 Å². The number of fused-ring (bicyclic) bond motifs is 1. The highest BCUT2D eigenvalue weighted by atomic mass is 32.1. The lowest BCUT2D eigenvalue weighted by atomic mass is 10.1. The van der Waals surface area contributed by atoms with Crippen molar-refractivity contribution in [3.63, 3.8) is 0 Å². The highest BCUT2D eigenvalue weighted by Gasteiger charge is 2.42. The number of hydrogen-bond acceptors (Lipinski definition) is 5. The second-order valence-electron chi connectivity index (χ2n) is 6.57. The van der Waals surface area contributed by atoms with Crippen molar-refractivity contribution in [2.45, 2.75) is 12.4 Å². The van der Waals surface area contributed by atoms with Crippen molar-refractivity contribution < 1.29 is 31.1 Å². The average Bonchev–Trinajstić information content (AvgIpc) is 3.31. The minimum Gasteiger partial charge on any atom is -0.321 e. The Morgan fingerprint density at radius 2 is 1.75 bits per heavy atom. The van der Waals surface area contributed by atoms with E-state index in [1.54, 1.807) is 11.4 Å². The summed E-state index contributed by atoms with van der Waals surface area (Å²) in [6.45, 7) is 0. The molecule has 0 atom stereocenters. The quantitative estimate of drug-likeness (QED) is 0.407. The molecule has 0 spiro atoms. The van der Waals surface area contributed by atoms with Crippen LogP contribution in [0, 0.1) is 0 Å². The third-order valence-electron chi connectivity index (χ3n) is 4.45. The molecule has 4 aromatic rings. The number of pyridine rings is 2. The van der Waals surface area contributed by atoms with Crippen LogP contribution in [-0.4, -0.2) is 25.7 Å². The van der Waals surface area contributed by atoms with Gasteiger partial charge >= 0.3 is 12.4 Å². The van der Waals surface area contributed by atoms with Gasteiger partial charge in [0.15, 0.2) is 0 Å². The summed E-state index contributed by atoms with van der Waals surface area (Å²) in [7, 11) is 1.15. The number of rotatable bonds is 3. The molecular weight excluding hydrogens is 460 g/mol. The number of halogens is 6. The van der Waals surface area contributed by atoms with Crippen LogP contribution in [-0.2, 0) is 19.4 Å². The highest BCUT2D eigenvalue weighted by Crippen LogP contribution is 2.42. The summed E-state index contributed by atoms with van der Waals surface area (Å²) in [5.41, 5.74) is -3.69. The minimum absolute atomic E-state index is 0.134. The third-order valence-corrected chi connectivity index (χ3v) is 5.39. The molecule has 0 unspecified atom stereocenters. The van der Waals surface area contributed by atoms with Gasteiger partial charge in [0.2, 0.25) is 0 Å². The number of aromatic nitrogens is 4. The lowest BCUT2D eigenvalue weighted by molar-refractivity contribution is -0.141. The fourth-order valence-electron chi connectivity index (χ4n) is 3.16. The topological polar surface area (TPSA) is 72.7 Å². The van der Waals surface area contributed by atoms with Crippen molar-refractivity contribution >= 4 is 33.1 Å². The Balaban J connectivity index is 1.82. The van der Waals surface area contributed by atoms with E-state index in [2.05, 4.69) is 20.4 Å². The first-order chi connectivity index (χ1) is 15.0. The molecule has 0 saturated heterocycles. The summed E-state index contributed by atoms with van der Waals surface area (Å²) < 4.78 is 81.9. The van der Waals surface area contributed by atoms with Crippen LogP contribution in [0.2, 0.25) is 0 Å². The number of carbonyl (C=O) groups is 1. The van der Waals surface area contributed by atoms with Crippen molar-refractivity contribution in [1.29, 1.82) is 0 Å². The summed E-state index contributed by atoms with van der Waals surface area (Å²) in [4.78, 5) is 20.0. The molecule has 32 heavy (non-hydrogen) atoms. The van der Waals surface area contributed by atoms with E-state index in [4.69, 9.17) is 0 Å². The van der Waals surface area contributed by atoms with Crippen LogP contribution in [0.1, 0.15) is 21.7 Å². The van der Waals surface area contributed by atoms with Crippen molar-refractivity contribution in [2.75, 3.05) is 5.32 Å². The SMILES string of the molecule is Cn1nc(-c2ccnc3ccsc23)c(C(F)(F)F)c1C(=O)Nc1ccnc(C(F)(F)F)c1. The van der Waals surface area contributed by atoms with Crippen molar-refractivity contribution in [3.8, 4) is 11.3 Å². The second kappa shape index (κ2) is 7.58. The van der Waals surface area contributed by atoms with Gasteiger partial charge in [-0.3, -0.25) is 19.4 Å². The summed E-state index contributed by atoms with van der Waals surface area (Å²) in [6, 6.07) is 4.56. The first-order valence-corrected chi connectivity index (χ1v) is 9.66. The predicted octanol–water partition coefficient (Wildman–Crippen LogP) is 5.38. The fourth-order valence-corrected chi connectivity index (χ4v) is 4.02. The first-order valence-electron chi connectivity index (χ1n) is 8.78. The van der Waals surface area contributed by atoms with Crippen molar-refractivity contribution in [3.05, 3.63) is 59.0 Å². The number of anilines is 1. The Bertz CT molecular complexity index is 1320. The van der Waals surface area contributed by atoms with Crippen molar-refractivity contribution in [1.82, 2.24) is 19.7 Å². The standard InChI is InChI=1S/C19H11F6N5OS/c1-30-15(17(31)28-9-2-5-27-12(8-9)18(20,21)22)13(19(23,24)25)14(29-30)10-3-6-26-11-4-7-32-16(10)11/h2-8H,1H3,(H,27,28,31). The zero-order valence-electron chi connectivity index (χ0n) is 15.9. The number of alkyl halides is 6. The molecule has 0 aliphatic carbocycles. The minimum atomic E-state index is -4.97. The molecule has 0 aromatic carbocycles. The molecular formula is C19H11F6N5OS. The van der Waals surface area contributed by atoms with E-state index in [0.29, 0.717) is 16.3 Å². The Morgan fingerprint density at radius 1 is 1.03 bits per heavy atom. The van der Waals surface area contributed by atoms with E-state index in [-0.39, 0.29) is 11.3 Å². The van der Waals surface area contributed by atoms with E-state index in [0.717, 1.165) is 35.3 Å². The maximum absolute atomic E-state index is 14.0. The smallest absolute Gasteiger partial charge is 0.321 e. The molecule has 0 radical (unpaired) electrons. The van der Waals surface area contributed by atoms with E-state index >= 15 is 0 Å². The number of amides is 1. The molecule has 4 aromatic heterocycles. The molecule has 1 N–H and O–H groups in total. The zero-order valence-corrected chi connectivity index (χ0v) is 16.7. The summed E-state index contributed by atoms with van der Waals surface area (Å²) in [6.07, 6.45) is -7.64. The summed E-state index contributed by atoms with van der Waals surface area (Å²) >= 11 is 1.16. The lowest BCUT2D eigenvalue weighted by Crippen LogP contribution is -2.21. The zero-order chi connectivity index (χ0) is 23.3. The van der Waals surface area contributed by atoms with Crippen LogP contribution in [0.3, 0.4) is 0 Å². The maximum atomic E-state index is 14.0. The second-order valence-corrected chi connectivity index (χ2v) is 7.48. The van der Waals surface area contributed by atoms with E-state index in [9.17, 15) is 31.1 Å². The molecule has 0 bridgehead atoms. The van der Waals surface area contributed by atoms with Gasteiger partial charge in [0.05, 0.1) is 10.2 Å². The first kappa shape index (κ1) is 21.7. The third kappa shape index (κ3) is 3.90.